The van der Waals surface area contributed by atoms with Gasteiger partial charge in [0, 0.05) is 60.0 Å². The lowest BCUT2D eigenvalue weighted by atomic mass is 10.2. The SMILES string of the molecule is CN=C(NCCCN1CCN(c2ccccc2F)CC1)N(C)CCOCC1CC1. The monoisotopic (exact) mass is 405 g/mol. The van der Waals surface area contributed by atoms with Gasteiger partial charge in [0.25, 0.3) is 0 Å². The zero-order valence-corrected chi connectivity index (χ0v) is 17.9. The van der Waals surface area contributed by atoms with Gasteiger partial charge in [-0.05, 0) is 43.9 Å². The Hall–Kier alpha value is -1.86. The number of anilines is 1. The molecule has 0 unspecified atom stereocenters. The molecule has 1 saturated carbocycles. The fourth-order valence-electron chi connectivity index (χ4n) is 3.65. The highest BCUT2D eigenvalue weighted by Crippen LogP contribution is 2.28. The predicted octanol–water partition coefficient (Wildman–Crippen LogP) is 2.27. The lowest BCUT2D eigenvalue weighted by molar-refractivity contribution is 0.115. The molecule has 162 valence electrons. The molecule has 1 heterocycles. The number of likely N-dealkylation sites (N-methyl/N-ethyl adjacent to an activating group) is 1. The minimum Gasteiger partial charge on any atom is -0.379 e. The van der Waals surface area contributed by atoms with E-state index in [1.165, 1.54) is 18.9 Å². The number of benzene rings is 1. The Labute approximate surface area is 174 Å². The van der Waals surface area contributed by atoms with Crippen LogP contribution in [-0.2, 0) is 4.74 Å². The molecular weight excluding hydrogens is 369 g/mol. The summed E-state index contributed by atoms with van der Waals surface area (Å²) in [7, 11) is 3.88. The van der Waals surface area contributed by atoms with Gasteiger partial charge in [0.2, 0.25) is 0 Å². The number of ether oxygens (including phenoxy) is 1. The summed E-state index contributed by atoms with van der Waals surface area (Å²) in [6, 6.07) is 7.05. The number of halogens is 1. The second kappa shape index (κ2) is 11.4. The van der Waals surface area contributed by atoms with Crippen LogP contribution in [0.15, 0.2) is 29.3 Å². The Morgan fingerprint density at radius 3 is 2.69 bits per heavy atom. The van der Waals surface area contributed by atoms with E-state index >= 15 is 0 Å². The normalized spacial score (nSPS) is 18.2. The van der Waals surface area contributed by atoms with E-state index < -0.39 is 0 Å². The molecule has 3 rings (SSSR count). The molecule has 1 aliphatic heterocycles. The molecule has 1 saturated heterocycles. The smallest absolute Gasteiger partial charge is 0.193 e. The first-order chi connectivity index (χ1) is 14.2. The number of nitrogens with zero attached hydrogens (tertiary/aromatic N) is 4. The summed E-state index contributed by atoms with van der Waals surface area (Å²) in [5.74, 6) is 1.61. The number of nitrogens with one attached hydrogen (secondary N) is 1. The van der Waals surface area contributed by atoms with Gasteiger partial charge in [-0.15, -0.1) is 0 Å². The second-order valence-electron chi connectivity index (χ2n) is 8.05. The quantitative estimate of drug-likeness (QED) is 0.368. The Morgan fingerprint density at radius 2 is 2.00 bits per heavy atom. The van der Waals surface area contributed by atoms with E-state index in [-0.39, 0.29) is 5.82 Å². The van der Waals surface area contributed by atoms with Crippen LogP contribution in [0.3, 0.4) is 0 Å². The van der Waals surface area contributed by atoms with Crippen molar-refractivity contribution < 1.29 is 9.13 Å². The summed E-state index contributed by atoms with van der Waals surface area (Å²) in [4.78, 5) is 11.1. The van der Waals surface area contributed by atoms with Gasteiger partial charge < -0.3 is 19.9 Å². The molecule has 0 bridgehead atoms. The highest BCUT2D eigenvalue weighted by molar-refractivity contribution is 5.79. The van der Waals surface area contributed by atoms with Gasteiger partial charge in [0.05, 0.1) is 12.3 Å². The van der Waals surface area contributed by atoms with Crippen molar-refractivity contribution in [2.75, 3.05) is 78.0 Å². The zero-order valence-electron chi connectivity index (χ0n) is 17.9. The molecule has 1 aromatic rings. The lowest BCUT2D eigenvalue weighted by Crippen LogP contribution is -2.47. The number of hydrogen-bond acceptors (Lipinski definition) is 4. The van der Waals surface area contributed by atoms with Crippen LogP contribution < -0.4 is 10.2 Å². The fourth-order valence-corrected chi connectivity index (χ4v) is 3.65. The van der Waals surface area contributed by atoms with Crippen molar-refractivity contribution in [3.05, 3.63) is 30.1 Å². The van der Waals surface area contributed by atoms with E-state index in [4.69, 9.17) is 4.74 Å². The average molecular weight is 406 g/mol. The molecule has 29 heavy (non-hydrogen) atoms. The fraction of sp³-hybridized carbons (Fsp3) is 0.682. The topological polar surface area (TPSA) is 43.3 Å². The molecule has 0 radical (unpaired) electrons. The summed E-state index contributed by atoms with van der Waals surface area (Å²) in [5, 5.41) is 3.45. The molecule has 0 amide bonds. The van der Waals surface area contributed by atoms with Gasteiger partial charge in [0.1, 0.15) is 5.82 Å². The van der Waals surface area contributed by atoms with Crippen molar-refractivity contribution in [3.63, 3.8) is 0 Å². The molecule has 1 N–H and O–H groups in total. The average Bonchev–Trinajstić information content (AvgIpc) is 3.56. The molecule has 2 fully saturated rings. The molecule has 0 atom stereocenters. The van der Waals surface area contributed by atoms with Crippen molar-refractivity contribution in [2.45, 2.75) is 19.3 Å². The molecule has 6 nitrogen and oxygen atoms in total. The van der Waals surface area contributed by atoms with Crippen molar-refractivity contribution in [1.29, 1.82) is 0 Å². The molecule has 1 aromatic carbocycles. The van der Waals surface area contributed by atoms with Gasteiger partial charge in [-0.2, -0.15) is 0 Å². The van der Waals surface area contributed by atoms with E-state index in [0.29, 0.717) is 0 Å². The van der Waals surface area contributed by atoms with E-state index in [1.807, 2.05) is 19.2 Å². The van der Waals surface area contributed by atoms with Crippen molar-refractivity contribution >= 4 is 11.6 Å². The minimum absolute atomic E-state index is 0.126. The highest BCUT2D eigenvalue weighted by Gasteiger charge is 2.21. The third-order valence-electron chi connectivity index (χ3n) is 5.69. The predicted molar refractivity (Wildman–Crippen MR) is 117 cm³/mol. The van der Waals surface area contributed by atoms with E-state index in [1.54, 1.807) is 6.07 Å². The molecule has 0 aromatic heterocycles. The van der Waals surface area contributed by atoms with Gasteiger partial charge in [-0.1, -0.05) is 12.1 Å². The second-order valence-corrected chi connectivity index (χ2v) is 8.05. The van der Waals surface area contributed by atoms with Crippen molar-refractivity contribution in [2.24, 2.45) is 10.9 Å². The third-order valence-corrected chi connectivity index (χ3v) is 5.69. The first-order valence-electron chi connectivity index (χ1n) is 10.9. The summed E-state index contributed by atoms with van der Waals surface area (Å²) in [6.07, 6.45) is 3.72. The minimum atomic E-state index is -0.126. The maximum Gasteiger partial charge on any atom is 0.193 e. The number of aliphatic imine (C=N–C) groups is 1. The summed E-state index contributed by atoms with van der Waals surface area (Å²) < 4.78 is 19.7. The molecule has 2 aliphatic rings. The number of piperazine rings is 1. The van der Waals surface area contributed by atoms with Crippen LogP contribution in [0.1, 0.15) is 19.3 Å². The van der Waals surface area contributed by atoms with Crippen LogP contribution in [-0.4, -0.2) is 88.9 Å². The van der Waals surface area contributed by atoms with Crippen LogP contribution in [0.5, 0.6) is 0 Å². The lowest BCUT2D eigenvalue weighted by Gasteiger charge is -2.36. The summed E-state index contributed by atoms with van der Waals surface area (Å²) in [6.45, 7) is 8.15. The molecule has 1 aliphatic carbocycles. The van der Waals surface area contributed by atoms with Crippen molar-refractivity contribution in [1.82, 2.24) is 15.1 Å². The Morgan fingerprint density at radius 1 is 1.24 bits per heavy atom. The van der Waals surface area contributed by atoms with Crippen LogP contribution in [0, 0.1) is 11.7 Å². The Balaban J connectivity index is 1.27. The van der Waals surface area contributed by atoms with E-state index in [9.17, 15) is 4.39 Å². The number of hydrogen-bond donors (Lipinski definition) is 1. The number of guanidine groups is 1. The van der Waals surface area contributed by atoms with Crippen LogP contribution in [0.2, 0.25) is 0 Å². The van der Waals surface area contributed by atoms with Gasteiger partial charge >= 0.3 is 0 Å². The summed E-state index contributed by atoms with van der Waals surface area (Å²) in [5.41, 5.74) is 0.724. The Kier molecular flexibility index (Phi) is 8.55. The maximum atomic E-state index is 13.9. The van der Waals surface area contributed by atoms with E-state index in [2.05, 4.69) is 32.1 Å². The summed E-state index contributed by atoms with van der Waals surface area (Å²) >= 11 is 0. The Bertz CT molecular complexity index is 644. The largest absolute Gasteiger partial charge is 0.379 e. The number of rotatable bonds is 10. The van der Waals surface area contributed by atoms with Crippen LogP contribution in [0.4, 0.5) is 10.1 Å². The molecule has 7 heteroatoms. The van der Waals surface area contributed by atoms with Gasteiger partial charge in [0.15, 0.2) is 5.96 Å². The first-order valence-corrected chi connectivity index (χ1v) is 10.9. The van der Waals surface area contributed by atoms with Crippen LogP contribution >= 0.6 is 0 Å². The molecular formula is C22H36FN5O. The van der Waals surface area contributed by atoms with E-state index in [0.717, 1.165) is 83.0 Å². The first kappa shape index (κ1) is 21.8. The molecule has 0 spiro atoms. The third kappa shape index (κ3) is 7.16. The zero-order chi connectivity index (χ0) is 20.5. The van der Waals surface area contributed by atoms with Gasteiger partial charge in [-0.25, -0.2) is 4.39 Å². The van der Waals surface area contributed by atoms with Crippen molar-refractivity contribution in [3.8, 4) is 0 Å². The number of para-hydroxylation sites is 1. The maximum absolute atomic E-state index is 13.9. The van der Waals surface area contributed by atoms with Gasteiger partial charge in [-0.3, -0.25) is 9.89 Å². The standard InChI is InChI=1S/C22H36FN5O/c1-24-22(26(2)16-17-29-18-19-8-9-19)25-10-5-11-27-12-14-28(15-13-27)21-7-4-3-6-20(21)23/h3-4,6-7,19H,5,8-18H2,1-2H3,(H,24,25). The highest BCUT2D eigenvalue weighted by atomic mass is 19.1. The van der Waals surface area contributed by atoms with Crippen LogP contribution in [0.25, 0.3) is 0 Å².